The molecular formula is C15H16ClNOS. The van der Waals surface area contributed by atoms with E-state index in [1.807, 2.05) is 43.3 Å². The Morgan fingerprint density at radius 3 is 2.74 bits per heavy atom. The Bertz CT molecular complexity index is 560. The van der Waals surface area contributed by atoms with E-state index in [1.165, 1.54) is 5.56 Å². The number of anilines is 1. The second-order valence-corrected chi connectivity index (χ2v) is 5.71. The normalized spacial score (nSPS) is 10.4. The third-order valence-corrected chi connectivity index (χ3v) is 3.97. The van der Waals surface area contributed by atoms with Crippen LogP contribution in [0.4, 0.5) is 5.69 Å². The van der Waals surface area contributed by atoms with Crippen molar-refractivity contribution in [1.29, 1.82) is 0 Å². The van der Waals surface area contributed by atoms with E-state index in [2.05, 4.69) is 6.07 Å². The van der Waals surface area contributed by atoms with Gasteiger partial charge in [-0.05, 0) is 36.8 Å². The van der Waals surface area contributed by atoms with Gasteiger partial charge in [0.25, 0.3) is 0 Å². The molecule has 0 aliphatic carbocycles. The molecule has 0 radical (unpaired) electrons. The second kappa shape index (κ2) is 6.73. The average molecular weight is 294 g/mol. The summed E-state index contributed by atoms with van der Waals surface area (Å²) in [6.45, 7) is 2.63. The highest BCUT2D eigenvalue weighted by Crippen LogP contribution is 2.27. The summed E-state index contributed by atoms with van der Waals surface area (Å²) in [7, 11) is 0. The molecule has 0 unspecified atom stereocenters. The van der Waals surface area contributed by atoms with Gasteiger partial charge in [-0.25, -0.2) is 0 Å². The van der Waals surface area contributed by atoms with Gasteiger partial charge in [-0.15, -0.1) is 11.8 Å². The molecule has 4 heteroatoms. The third-order valence-electron chi connectivity index (χ3n) is 2.60. The van der Waals surface area contributed by atoms with Crippen molar-refractivity contribution in [3.63, 3.8) is 0 Å². The smallest absolute Gasteiger partial charge is 0.137 e. The van der Waals surface area contributed by atoms with Crippen LogP contribution >= 0.6 is 23.4 Å². The van der Waals surface area contributed by atoms with Gasteiger partial charge in [0.05, 0.1) is 11.6 Å². The maximum absolute atomic E-state index is 6.01. The number of para-hydroxylation sites is 1. The van der Waals surface area contributed by atoms with Crippen LogP contribution in [-0.4, -0.2) is 12.4 Å². The van der Waals surface area contributed by atoms with E-state index in [9.17, 15) is 0 Å². The van der Waals surface area contributed by atoms with Crippen molar-refractivity contribution < 1.29 is 4.74 Å². The number of rotatable bonds is 5. The predicted octanol–water partition coefficient (Wildman–Crippen LogP) is 4.40. The summed E-state index contributed by atoms with van der Waals surface area (Å²) < 4.78 is 5.63. The Kier molecular flexibility index (Phi) is 5.00. The molecule has 2 aromatic carbocycles. The summed E-state index contributed by atoms with van der Waals surface area (Å²) in [6.07, 6.45) is 0. The molecular weight excluding hydrogens is 278 g/mol. The molecule has 100 valence electrons. The maximum Gasteiger partial charge on any atom is 0.137 e. The number of nitrogen functional groups attached to an aromatic ring is 1. The number of nitrogens with two attached hydrogens (primary N) is 1. The molecule has 0 spiro atoms. The van der Waals surface area contributed by atoms with E-state index in [0.717, 1.165) is 22.1 Å². The Hall–Kier alpha value is -1.32. The van der Waals surface area contributed by atoms with Crippen molar-refractivity contribution in [3.8, 4) is 5.75 Å². The van der Waals surface area contributed by atoms with Crippen LogP contribution in [0.2, 0.25) is 5.02 Å². The van der Waals surface area contributed by atoms with Crippen molar-refractivity contribution in [2.45, 2.75) is 11.8 Å². The number of thioether (sulfide) groups is 1. The standard InChI is InChI=1S/C15H16ClNOS/c1-11-6-7-15(13(17)10-11)19-9-8-18-14-5-3-2-4-12(14)16/h2-7,10H,8-9,17H2,1H3. The van der Waals surface area contributed by atoms with E-state index in [4.69, 9.17) is 22.1 Å². The molecule has 2 nitrogen and oxygen atoms in total. The zero-order chi connectivity index (χ0) is 13.7. The molecule has 0 heterocycles. The topological polar surface area (TPSA) is 35.2 Å². The lowest BCUT2D eigenvalue weighted by Gasteiger charge is -2.09. The minimum atomic E-state index is 0.599. The zero-order valence-corrected chi connectivity index (χ0v) is 12.3. The fourth-order valence-corrected chi connectivity index (χ4v) is 2.63. The molecule has 0 aromatic heterocycles. The minimum Gasteiger partial charge on any atom is -0.491 e. The van der Waals surface area contributed by atoms with Gasteiger partial charge >= 0.3 is 0 Å². The van der Waals surface area contributed by atoms with Crippen LogP contribution in [-0.2, 0) is 0 Å². The zero-order valence-electron chi connectivity index (χ0n) is 10.7. The lowest BCUT2D eigenvalue weighted by atomic mass is 10.2. The first kappa shape index (κ1) is 14.1. The molecule has 0 atom stereocenters. The van der Waals surface area contributed by atoms with E-state index in [1.54, 1.807) is 11.8 Å². The van der Waals surface area contributed by atoms with Crippen molar-refractivity contribution in [1.82, 2.24) is 0 Å². The van der Waals surface area contributed by atoms with Crippen molar-refractivity contribution in [2.75, 3.05) is 18.1 Å². The highest BCUT2D eigenvalue weighted by molar-refractivity contribution is 7.99. The van der Waals surface area contributed by atoms with Gasteiger partial charge < -0.3 is 10.5 Å². The quantitative estimate of drug-likeness (QED) is 0.504. The summed E-state index contributed by atoms with van der Waals surface area (Å²) >= 11 is 7.70. The van der Waals surface area contributed by atoms with Gasteiger partial charge in [0.15, 0.2) is 0 Å². The van der Waals surface area contributed by atoms with Crippen LogP contribution in [0.3, 0.4) is 0 Å². The van der Waals surface area contributed by atoms with Crippen molar-refractivity contribution in [2.24, 2.45) is 0 Å². The Labute approximate surface area is 122 Å². The fourth-order valence-electron chi connectivity index (χ4n) is 1.66. The lowest BCUT2D eigenvalue weighted by Crippen LogP contribution is -2.01. The molecule has 0 aliphatic heterocycles. The van der Waals surface area contributed by atoms with E-state index in [0.29, 0.717) is 11.6 Å². The molecule has 2 aromatic rings. The number of ether oxygens (including phenoxy) is 1. The van der Waals surface area contributed by atoms with Crippen LogP contribution in [0.15, 0.2) is 47.4 Å². The summed E-state index contributed by atoms with van der Waals surface area (Å²) in [5.41, 5.74) is 7.95. The maximum atomic E-state index is 6.01. The second-order valence-electron chi connectivity index (χ2n) is 4.17. The summed E-state index contributed by atoms with van der Waals surface area (Å²) in [4.78, 5) is 1.09. The molecule has 0 amide bonds. The van der Waals surface area contributed by atoms with Crippen LogP contribution in [0.25, 0.3) is 0 Å². The van der Waals surface area contributed by atoms with Crippen molar-refractivity contribution >= 4 is 29.1 Å². The van der Waals surface area contributed by atoms with E-state index >= 15 is 0 Å². The largest absolute Gasteiger partial charge is 0.491 e. The van der Waals surface area contributed by atoms with Gasteiger partial charge in [-0.2, -0.15) is 0 Å². The lowest BCUT2D eigenvalue weighted by molar-refractivity contribution is 0.344. The monoisotopic (exact) mass is 293 g/mol. The van der Waals surface area contributed by atoms with Crippen LogP contribution < -0.4 is 10.5 Å². The summed E-state index contributed by atoms with van der Waals surface area (Å²) in [6, 6.07) is 13.6. The predicted molar refractivity (Wildman–Crippen MR) is 83.3 cm³/mol. The molecule has 0 bridgehead atoms. The first-order chi connectivity index (χ1) is 9.16. The van der Waals surface area contributed by atoms with Gasteiger partial charge in [-0.3, -0.25) is 0 Å². The summed E-state index contributed by atoms with van der Waals surface area (Å²) in [5, 5.41) is 0.641. The molecule has 2 N–H and O–H groups in total. The van der Waals surface area contributed by atoms with Gasteiger partial charge in [-0.1, -0.05) is 29.8 Å². The molecule has 0 saturated carbocycles. The minimum absolute atomic E-state index is 0.599. The van der Waals surface area contributed by atoms with E-state index in [-0.39, 0.29) is 0 Å². The third kappa shape index (κ3) is 4.08. The van der Waals surface area contributed by atoms with Crippen LogP contribution in [0, 0.1) is 6.92 Å². The van der Waals surface area contributed by atoms with Gasteiger partial charge in [0.1, 0.15) is 5.75 Å². The fraction of sp³-hybridized carbons (Fsp3) is 0.200. The number of aryl methyl sites for hydroxylation is 1. The SMILES string of the molecule is Cc1ccc(SCCOc2ccccc2Cl)c(N)c1. The molecule has 0 fully saturated rings. The Morgan fingerprint density at radius 1 is 1.21 bits per heavy atom. The average Bonchev–Trinajstić information content (AvgIpc) is 2.38. The molecule has 2 rings (SSSR count). The van der Waals surface area contributed by atoms with Crippen molar-refractivity contribution in [3.05, 3.63) is 53.1 Å². The van der Waals surface area contributed by atoms with Gasteiger partial charge in [0, 0.05) is 16.3 Å². The molecule has 0 saturated heterocycles. The molecule has 19 heavy (non-hydrogen) atoms. The first-order valence-corrected chi connectivity index (χ1v) is 7.39. The van der Waals surface area contributed by atoms with Gasteiger partial charge in [0.2, 0.25) is 0 Å². The summed E-state index contributed by atoms with van der Waals surface area (Å²) in [5.74, 6) is 1.56. The number of halogens is 1. The number of hydrogen-bond donors (Lipinski definition) is 1. The number of hydrogen-bond acceptors (Lipinski definition) is 3. The molecule has 0 aliphatic rings. The van der Waals surface area contributed by atoms with Crippen LogP contribution in [0.5, 0.6) is 5.75 Å². The van der Waals surface area contributed by atoms with Crippen LogP contribution in [0.1, 0.15) is 5.56 Å². The highest BCUT2D eigenvalue weighted by atomic mass is 35.5. The first-order valence-electron chi connectivity index (χ1n) is 6.03. The Balaban J connectivity index is 1.83. The number of benzene rings is 2. The Morgan fingerprint density at radius 2 is 2.00 bits per heavy atom. The highest BCUT2D eigenvalue weighted by Gasteiger charge is 2.02. The van der Waals surface area contributed by atoms with E-state index < -0.39 is 0 Å².